The molecule has 4 rings (SSSR count). The summed E-state index contributed by atoms with van der Waals surface area (Å²) in [6.45, 7) is 1.28. The van der Waals surface area contributed by atoms with Crippen LogP contribution in [0.5, 0.6) is 5.75 Å². The summed E-state index contributed by atoms with van der Waals surface area (Å²) in [4.78, 5) is 16.5. The van der Waals surface area contributed by atoms with Gasteiger partial charge in [0.1, 0.15) is 12.4 Å². The Morgan fingerprint density at radius 2 is 1.85 bits per heavy atom. The van der Waals surface area contributed by atoms with Crippen LogP contribution in [0.25, 0.3) is 0 Å². The Morgan fingerprint density at radius 1 is 1.10 bits per heavy atom. The maximum Gasteiger partial charge on any atom is 0.246 e. The molecule has 8 nitrogen and oxygen atoms in total. The monoisotopic (exact) mass is 577 g/mol. The number of methoxy groups -OCH3 is 1. The van der Waals surface area contributed by atoms with E-state index in [-0.39, 0.29) is 30.1 Å². The molecule has 10 heteroatoms. The zero-order valence-electron chi connectivity index (χ0n) is 23.4. The number of carbonyl (C=O) groups excluding carboxylic acids is 1. The van der Waals surface area contributed by atoms with Crippen molar-refractivity contribution in [2.24, 2.45) is 11.8 Å². The highest BCUT2D eigenvalue weighted by Gasteiger charge is 2.34. The van der Waals surface area contributed by atoms with Crippen LogP contribution in [-0.4, -0.2) is 77.1 Å². The molecule has 0 spiro atoms. The van der Waals surface area contributed by atoms with Gasteiger partial charge in [-0.3, -0.25) is 4.79 Å². The van der Waals surface area contributed by atoms with Crippen LogP contribution in [0, 0.1) is 11.8 Å². The van der Waals surface area contributed by atoms with Gasteiger partial charge in [-0.15, -0.1) is 11.3 Å². The first-order valence-corrected chi connectivity index (χ1v) is 16.3. The van der Waals surface area contributed by atoms with Crippen LogP contribution in [0.2, 0.25) is 0 Å². The van der Waals surface area contributed by atoms with Gasteiger partial charge in [0, 0.05) is 30.1 Å². The number of benzene rings is 1. The van der Waals surface area contributed by atoms with Crippen LogP contribution >= 0.6 is 11.3 Å². The molecule has 1 saturated heterocycles. The van der Waals surface area contributed by atoms with Crippen molar-refractivity contribution >= 4 is 27.3 Å². The summed E-state index contributed by atoms with van der Waals surface area (Å²) in [5, 5.41) is 5.20. The fourth-order valence-electron chi connectivity index (χ4n) is 6.01. The number of hydrogen-bond acceptors (Lipinski definition) is 7. The van der Waals surface area contributed by atoms with E-state index in [1.165, 1.54) is 9.18 Å². The van der Waals surface area contributed by atoms with Crippen molar-refractivity contribution in [1.82, 2.24) is 14.5 Å². The molecule has 2 fully saturated rings. The lowest BCUT2D eigenvalue weighted by molar-refractivity contribution is -0.126. The molecule has 39 heavy (non-hydrogen) atoms. The largest absolute Gasteiger partial charge is 0.497 e. The summed E-state index contributed by atoms with van der Waals surface area (Å²) >= 11 is 1.83. The molecule has 1 aromatic carbocycles. The van der Waals surface area contributed by atoms with Crippen molar-refractivity contribution in [3.05, 3.63) is 46.7 Å². The molecule has 1 aliphatic carbocycles. The van der Waals surface area contributed by atoms with E-state index in [0.29, 0.717) is 36.7 Å². The average molecular weight is 578 g/mol. The number of rotatable bonds is 12. The third kappa shape index (κ3) is 7.82. The van der Waals surface area contributed by atoms with E-state index >= 15 is 0 Å². The SMILES string of the molecule is COc1ccc(S(=O)(=O)N2CCCCC2COCC(=O)NCC2CCC(C(c3cccs3)N(C)C)CC2)cc1. The number of sulfonamides is 1. The van der Waals surface area contributed by atoms with E-state index in [4.69, 9.17) is 9.47 Å². The molecule has 2 aliphatic rings. The Hall–Kier alpha value is -1.98. The summed E-state index contributed by atoms with van der Waals surface area (Å²) in [7, 11) is 2.23. The summed E-state index contributed by atoms with van der Waals surface area (Å²) in [5.74, 6) is 1.60. The van der Waals surface area contributed by atoms with Gasteiger partial charge < -0.3 is 19.7 Å². The second-order valence-electron chi connectivity index (χ2n) is 11.0. The fraction of sp³-hybridized carbons (Fsp3) is 0.621. The molecule has 2 unspecified atom stereocenters. The van der Waals surface area contributed by atoms with Gasteiger partial charge in [0.25, 0.3) is 0 Å². The molecule has 1 amide bonds. The van der Waals surface area contributed by atoms with Crippen LogP contribution in [-0.2, 0) is 19.6 Å². The topological polar surface area (TPSA) is 88.2 Å². The zero-order valence-corrected chi connectivity index (χ0v) is 25.0. The maximum absolute atomic E-state index is 13.3. The van der Waals surface area contributed by atoms with Crippen LogP contribution in [0.3, 0.4) is 0 Å². The van der Waals surface area contributed by atoms with Gasteiger partial charge in [0.2, 0.25) is 15.9 Å². The Kier molecular flexibility index (Phi) is 10.8. The third-order valence-electron chi connectivity index (χ3n) is 8.10. The molecule has 0 radical (unpaired) electrons. The highest BCUT2D eigenvalue weighted by molar-refractivity contribution is 7.89. The Bertz CT molecular complexity index is 1130. The molecular weight excluding hydrogens is 534 g/mol. The molecule has 2 aromatic rings. The number of nitrogens with zero attached hydrogens (tertiary/aromatic N) is 2. The molecule has 2 heterocycles. The van der Waals surface area contributed by atoms with E-state index in [9.17, 15) is 13.2 Å². The lowest BCUT2D eigenvalue weighted by atomic mass is 9.77. The smallest absolute Gasteiger partial charge is 0.246 e. The lowest BCUT2D eigenvalue weighted by Gasteiger charge is -2.37. The quantitative estimate of drug-likeness (QED) is 0.399. The molecule has 1 aliphatic heterocycles. The van der Waals surface area contributed by atoms with Gasteiger partial charge in [0.05, 0.1) is 18.6 Å². The molecule has 1 saturated carbocycles. The average Bonchev–Trinajstić information content (AvgIpc) is 3.47. The van der Waals surface area contributed by atoms with Gasteiger partial charge >= 0.3 is 0 Å². The van der Waals surface area contributed by atoms with Crippen molar-refractivity contribution in [2.75, 3.05) is 47.5 Å². The van der Waals surface area contributed by atoms with Crippen LogP contribution in [0.4, 0.5) is 0 Å². The summed E-state index contributed by atoms with van der Waals surface area (Å²) in [5.41, 5.74) is 0. The number of nitrogens with one attached hydrogen (secondary N) is 1. The third-order valence-corrected chi connectivity index (χ3v) is 11.0. The van der Waals surface area contributed by atoms with E-state index in [0.717, 1.165) is 44.9 Å². The number of amides is 1. The van der Waals surface area contributed by atoms with Gasteiger partial charge in [-0.25, -0.2) is 8.42 Å². The van der Waals surface area contributed by atoms with E-state index < -0.39 is 10.0 Å². The molecule has 2 atom stereocenters. The van der Waals surface area contributed by atoms with Crippen molar-refractivity contribution in [3.63, 3.8) is 0 Å². The second-order valence-corrected chi connectivity index (χ2v) is 13.8. The number of piperidine rings is 1. The van der Waals surface area contributed by atoms with E-state index in [2.05, 4.69) is 41.8 Å². The maximum atomic E-state index is 13.3. The minimum atomic E-state index is -3.65. The van der Waals surface area contributed by atoms with Gasteiger partial charge in [-0.05, 0) is 100 Å². The first-order valence-electron chi connectivity index (χ1n) is 14.0. The van der Waals surface area contributed by atoms with Crippen LogP contribution < -0.4 is 10.1 Å². The first-order chi connectivity index (χ1) is 18.8. The Morgan fingerprint density at radius 3 is 2.49 bits per heavy atom. The molecular formula is C29H43N3O5S2. The molecule has 1 aromatic heterocycles. The number of hydrogen-bond donors (Lipinski definition) is 1. The molecule has 1 N–H and O–H groups in total. The Balaban J connectivity index is 1.20. The van der Waals surface area contributed by atoms with Crippen molar-refractivity contribution in [3.8, 4) is 5.75 Å². The predicted octanol–water partition coefficient (Wildman–Crippen LogP) is 4.54. The minimum absolute atomic E-state index is 0.0522. The number of ether oxygens (including phenoxy) is 2. The predicted molar refractivity (Wildman–Crippen MR) is 155 cm³/mol. The summed E-state index contributed by atoms with van der Waals surface area (Å²) in [6, 6.07) is 11.0. The minimum Gasteiger partial charge on any atom is -0.497 e. The van der Waals surface area contributed by atoms with Crippen LogP contribution in [0.1, 0.15) is 55.9 Å². The highest BCUT2D eigenvalue weighted by Crippen LogP contribution is 2.40. The first kappa shape index (κ1) is 30.0. The van der Waals surface area contributed by atoms with Gasteiger partial charge in [0.15, 0.2) is 0 Å². The van der Waals surface area contributed by atoms with Crippen LogP contribution in [0.15, 0.2) is 46.7 Å². The van der Waals surface area contributed by atoms with E-state index in [1.54, 1.807) is 31.4 Å². The fourth-order valence-corrected chi connectivity index (χ4v) is 8.71. The van der Waals surface area contributed by atoms with Gasteiger partial charge in [-0.1, -0.05) is 12.5 Å². The Labute approximate surface area is 237 Å². The summed E-state index contributed by atoms with van der Waals surface area (Å²) < 4.78 is 39.0. The second kappa shape index (κ2) is 14.1. The number of thiophene rings is 1. The zero-order chi connectivity index (χ0) is 27.8. The van der Waals surface area contributed by atoms with E-state index in [1.807, 2.05) is 11.3 Å². The lowest BCUT2D eigenvalue weighted by Crippen LogP contribution is -2.46. The highest BCUT2D eigenvalue weighted by atomic mass is 32.2. The standard InChI is InChI=1S/C29H43N3O5S2/c1-31(2)29(27-8-6-18-38-27)23-11-9-22(10-12-23)19-30-28(33)21-37-20-24-7-4-5-17-32(24)39(34,35)26-15-13-25(36-3)14-16-26/h6,8,13-16,18,22-24,29H,4-5,7,9-12,17,19-21H2,1-3H3,(H,30,33). The summed E-state index contributed by atoms with van der Waals surface area (Å²) in [6.07, 6.45) is 7.04. The molecule has 216 valence electrons. The normalized spacial score (nSPS) is 23.4. The number of carbonyl (C=O) groups is 1. The molecule has 0 bridgehead atoms. The van der Waals surface area contributed by atoms with Crippen molar-refractivity contribution in [2.45, 2.75) is 61.9 Å². The van der Waals surface area contributed by atoms with Gasteiger partial charge in [-0.2, -0.15) is 4.31 Å². The van der Waals surface area contributed by atoms with Crippen molar-refractivity contribution in [1.29, 1.82) is 0 Å². The van der Waals surface area contributed by atoms with Crippen molar-refractivity contribution < 1.29 is 22.7 Å².